The Morgan fingerprint density at radius 3 is 3.06 bits per heavy atom. The van der Waals surface area contributed by atoms with Crippen LogP contribution in [0, 0.1) is 0 Å². The van der Waals surface area contributed by atoms with Crippen LogP contribution >= 0.6 is 27.7 Å². The maximum atomic E-state index is 5.92. The number of anilines is 1. The number of nitrogens with zero attached hydrogens (tertiary/aromatic N) is 2. The third-order valence-electron chi connectivity index (χ3n) is 2.47. The summed E-state index contributed by atoms with van der Waals surface area (Å²) >= 11 is 5.29. The fourth-order valence-corrected chi connectivity index (χ4v) is 2.49. The molecule has 0 amide bonds. The molecule has 1 heterocycles. The normalized spacial score (nSPS) is 11.1. The van der Waals surface area contributed by atoms with Crippen LogP contribution in [0.1, 0.15) is 6.42 Å². The van der Waals surface area contributed by atoms with E-state index in [0.29, 0.717) is 5.95 Å². The molecule has 0 atom stereocenters. The number of benzene rings is 1. The summed E-state index contributed by atoms with van der Waals surface area (Å²) < 4.78 is 3.12. The highest BCUT2D eigenvalue weighted by atomic mass is 79.9. The van der Waals surface area contributed by atoms with Crippen molar-refractivity contribution in [3.8, 4) is 0 Å². The molecule has 3 nitrogen and oxygen atoms in total. The average Bonchev–Trinajstić information content (AvgIpc) is 2.55. The van der Waals surface area contributed by atoms with Gasteiger partial charge in [0.25, 0.3) is 0 Å². The van der Waals surface area contributed by atoms with Gasteiger partial charge in [-0.3, -0.25) is 0 Å². The van der Waals surface area contributed by atoms with Gasteiger partial charge in [0.15, 0.2) is 0 Å². The summed E-state index contributed by atoms with van der Waals surface area (Å²) in [4.78, 5) is 4.36. The molecule has 0 radical (unpaired) electrons. The molecule has 0 bridgehead atoms. The Bertz CT molecular complexity index is 495. The van der Waals surface area contributed by atoms with Crippen molar-refractivity contribution in [2.75, 3.05) is 17.7 Å². The van der Waals surface area contributed by atoms with Crippen molar-refractivity contribution in [1.29, 1.82) is 0 Å². The maximum absolute atomic E-state index is 5.92. The van der Waals surface area contributed by atoms with Crippen LogP contribution < -0.4 is 5.73 Å². The van der Waals surface area contributed by atoms with Crippen LogP contribution in [-0.2, 0) is 6.54 Å². The SMILES string of the molecule is CSCCCn1c(N)nc2cc(Br)ccc21. The lowest BCUT2D eigenvalue weighted by Gasteiger charge is -2.05. The predicted octanol–water partition coefficient (Wildman–Crippen LogP) is 3.13. The Kier molecular flexibility index (Phi) is 3.76. The van der Waals surface area contributed by atoms with Gasteiger partial charge in [-0.1, -0.05) is 15.9 Å². The van der Waals surface area contributed by atoms with Gasteiger partial charge in [-0.2, -0.15) is 11.8 Å². The summed E-state index contributed by atoms with van der Waals surface area (Å²) in [7, 11) is 0. The number of thioether (sulfide) groups is 1. The molecule has 1 aromatic carbocycles. The lowest BCUT2D eigenvalue weighted by atomic mass is 10.3. The van der Waals surface area contributed by atoms with Crippen LogP contribution in [0.3, 0.4) is 0 Å². The van der Waals surface area contributed by atoms with E-state index in [0.717, 1.165) is 34.2 Å². The number of aryl methyl sites for hydroxylation is 1. The van der Waals surface area contributed by atoms with E-state index in [4.69, 9.17) is 5.73 Å². The Balaban J connectivity index is 2.32. The molecule has 0 aliphatic rings. The van der Waals surface area contributed by atoms with Gasteiger partial charge < -0.3 is 10.3 Å². The fourth-order valence-electron chi connectivity index (χ4n) is 1.72. The molecule has 0 fully saturated rings. The Hall–Kier alpha value is -0.680. The molecule has 0 saturated carbocycles. The van der Waals surface area contributed by atoms with Gasteiger partial charge >= 0.3 is 0 Å². The van der Waals surface area contributed by atoms with Crippen LogP contribution in [0.25, 0.3) is 11.0 Å². The number of fused-ring (bicyclic) bond motifs is 1. The third-order valence-corrected chi connectivity index (χ3v) is 3.66. The molecule has 16 heavy (non-hydrogen) atoms. The van der Waals surface area contributed by atoms with Crippen LogP contribution in [0.15, 0.2) is 22.7 Å². The third kappa shape index (κ3) is 2.35. The number of halogens is 1. The largest absolute Gasteiger partial charge is 0.369 e. The van der Waals surface area contributed by atoms with Gasteiger partial charge in [0.1, 0.15) is 0 Å². The predicted molar refractivity (Wildman–Crippen MR) is 74.8 cm³/mol. The lowest BCUT2D eigenvalue weighted by Crippen LogP contribution is -2.04. The molecule has 5 heteroatoms. The quantitative estimate of drug-likeness (QED) is 0.882. The molecule has 86 valence electrons. The number of hydrogen-bond donors (Lipinski definition) is 1. The number of nitrogens with two attached hydrogens (primary N) is 1. The second-order valence-electron chi connectivity index (χ2n) is 3.60. The number of nitrogen functional groups attached to an aromatic ring is 1. The highest BCUT2D eigenvalue weighted by molar-refractivity contribution is 9.10. The summed E-state index contributed by atoms with van der Waals surface area (Å²) in [5, 5.41) is 0. The fraction of sp³-hybridized carbons (Fsp3) is 0.364. The molecule has 0 unspecified atom stereocenters. The van der Waals surface area contributed by atoms with Gasteiger partial charge in [-0.25, -0.2) is 4.98 Å². The molecule has 2 aromatic rings. The van der Waals surface area contributed by atoms with Crippen molar-refractivity contribution >= 4 is 44.7 Å². The molecule has 2 N–H and O–H groups in total. The van der Waals surface area contributed by atoms with Crippen LogP contribution in [0.4, 0.5) is 5.95 Å². The maximum Gasteiger partial charge on any atom is 0.201 e. The van der Waals surface area contributed by atoms with Crippen molar-refractivity contribution in [1.82, 2.24) is 9.55 Å². The summed E-state index contributed by atoms with van der Waals surface area (Å²) in [6.07, 6.45) is 3.24. The highest BCUT2D eigenvalue weighted by Crippen LogP contribution is 2.22. The lowest BCUT2D eigenvalue weighted by molar-refractivity contribution is 0.712. The van der Waals surface area contributed by atoms with E-state index < -0.39 is 0 Å². The van der Waals surface area contributed by atoms with E-state index in [1.54, 1.807) is 0 Å². The van der Waals surface area contributed by atoms with Gasteiger partial charge in [-0.15, -0.1) is 0 Å². The second kappa shape index (κ2) is 5.10. The number of rotatable bonds is 4. The molecule has 0 aliphatic heterocycles. The number of aromatic nitrogens is 2. The molecule has 1 aromatic heterocycles. The minimum atomic E-state index is 0.606. The minimum absolute atomic E-state index is 0.606. The molecule has 0 saturated heterocycles. The topological polar surface area (TPSA) is 43.8 Å². The molecular formula is C11H14BrN3S. The average molecular weight is 300 g/mol. The van der Waals surface area contributed by atoms with Crippen molar-refractivity contribution in [3.63, 3.8) is 0 Å². The first-order valence-electron chi connectivity index (χ1n) is 5.12. The van der Waals surface area contributed by atoms with E-state index in [2.05, 4.69) is 37.8 Å². The van der Waals surface area contributed by atoms with Crippen molar-refractivity contribution in [3.05, 3.63) is 22.7 Å². The Morgan fingerprint density at radius 2 is 2.31 bits per heavy atom. The molecular weight excluding hydrogens is 286 g/mol. The second-order valence-corrected chi connectivity index (χ2v) is 5.50. The molecule has 0 aliphatic carbocycles. The summed E-state index contributed by atoms with van der Waals surface area (Å²) in [5.74, 6) is 1.75. The first kappa shape index (κ1) is 11.8. The minimum Gasteiger partial charge on any atom is -0.369 e. The number of imidazole rings is 1. The van der Waals surface area contributed by atoms with Crippen LogP contribution in [0.5, 0.6) is 0 Å². The van der Waals surface area contributed by atoms with E-state index in [1.807, 2.05) is 23.9 Å². The van der Waals surface area contributed by atoms with Gasteiger partial charge in [0, 0.05) is 11.0 Å². The number of hydrogen-bond acceptors (Lipinski definition) is 3. The first-order valence-corrected chi connectivity index (χ1v) is 7.31. The Morgan fingerprint density at radius 1 is 1.50 bits per heavy atom. The van der Waals surface area contributed by atoms with E-state index in [1.165, 1.54) is 0 Å². The highest BCUT2D eigenvalue weighted by Gasteiger charge is 2.07. The summed E-state index contributed by atoms with van der Waals surface area (Å²) in [6.45, 7) is 0.935. The standard InChI is InChI=1S/C11H14BrN3S/c1-16-6-2-5-15-10-4-3-8(12)7-9(10)14-11(15)13/h3-4,7H,2,5-6H2,1H3,(H2,13,14). The Labute approximate surface area is 108 Å². The summed E-state index contributed by atoms with van der Waals surface area (Å²) in [6, 6.07) is 6.08. The zero-order chi connectivity index (χ0) is 11.5. The zero-order valence-electron chi connectivity index (χ0n) is 9.11. The van der Waals surface area contributed by atoms with Crippen LogP contribution in [0.2, 0.25) is 0 Å². The van der Waals surface area contributed by atoms with E-state index >= 15 is 0 Å². The van der Waals surface area contributed by atoms with Gasteiger partial charge in [0.2, 0.25) is 5.95 Å². The smallest absolute Gasteiger partial charge is 0.201 e. The van der Waals surface area contributed by atoms with Gasteiger partial charge in [-0.05, 0) is 36.6 Å². The van der Waals surface area contributed by atoms with Crippen molar-refractivity contribution in [2.45, 2.75) is 13.0 Å². The molecule has 2 rings (SSSR count). The van der Waals surface area contributed by atoms with Crippen molar-refractivity contribution < 1.29 is 0 Å². The molecule has 0 spiro atoms. The van der Waals surface area contributed by atoms with Crippen LogP contribution in [-0.4, -0.2) is 21.6 Å². The van der Waals surface area contributed by atoms with E-state index in [-0.39, 0.29) is 0 Å². The van der Waals surface area contributed by atoms with E-state index in [9.17, 15) is 0 Å². The first-order chi connectivity index (χ1) is 7.72. The summed E-state index contributed by atoms with van der Waals surface area (Å²) in [5.41, 5.74) is 7.98. The zero-order valence-corrected chi connectivity index (χ0v) is 11.5. The van der Waals surface area contributed by atoms with Gasteiger partial charge in [0.05, 0.1) is 11.0 Å². The van der Waals surface area contributed by atoms with Crippen molar-refractivity contribution in [2.24, 2.45) is 0 Å². The monoisotopic (exact) mass is 299 g/mol.